The molecule has 0 bridgehead atoms. The molecule has 0 N–H and O–H groups in total. The Morgan fingerprint density at radius 3 is 2.31 bits per heavy atom. The monoisotopic (exact) mass is 624 g/mol. The summed E-state index contributed by atoms with van der Waals surface area (Å²) in [5.74, 6) is 0.807. The first-order valence-corrected chi connectivity index (χ1v) is 17.5. The highest BCUT2D eigenvalue weighted by Gasteiger charge is 2.42. The smallest absolute Gasteiger partial charge is 0.410 e. The largest absolute Gasteiger partial charge is 0.487 e. The van der Waals surface area contributed by atoms with Crippen molar-refractivity contribution >= 4 is 15.9 Å². The first-order valence-electron chi connectivity index (χ1n) is 15.7. The van der Waals surface area contributed by atoms with Gasteiger partial charge in [-0.3, -0.25) is 4.98 Å². The third-order valence-electron chi connectivity index (χ3n) is 9.31. The van der Waals surface area contributed by atoms with E-state index in [0.717, 1.165) is 53.7 Å². The van der Waals surface area contributed by atoms with E-state index in [2.05, 4.69) is 17.1 Å². The van der Waals surface area contributed by atoms with Crippen LogP contribution in [0.1, 0.15) is 61.9 Å². The molecule has 1 unspecified atom stereocenters. The number of likely N-dealkylation sites (tertiary alicyclic amines) is 1. The summed E-state index contributed by atoms with van der Waals surface area (Å²) in [6.07, 6.45) is 5.37. The maximum absolute atomic E-state index is 13.2. The average molecular weight is 625 g/mol. The Balaban J connectivity index is 1.06. The lowest BCUT2D eigenvalue weighted by Gasteiger charge is -2.45. The highest BCUT2D eigenvalue weighted by Crippen LogP contribution is 2.41. The molecule has 8 heteroatoms. The Bertz CT molecular complexity index is 1740. The van der Waals surface area contributed by atoms with Gasteiger partial charge in [-0.05, 0) is 78.3 Å². The van der Waals surface area contributed by atoms with Gasteiger partial charge < -0.3 is 14.4 Å². The molecule has 1 spiro atoms. The summed E-state index contributed by atoms with van der Waals surface area (Å²) in [4.78, 5) is 19.1. The summed E-state index contributed by atoms with van der Waals surface area (Å²) in [6, 6.07) is 29.3. The number of carbonyl (C=O) groups is 1. The van der Waals surface area contributed by atoms with E-state index in [4.69, 9.17) is 9.47 Å². The summed E-state index contributed by atoms with van der Waals surface area (Å²) in [5.41, 5.74) is 4.65. The van der Waals surface area contributed by atoms with Crippen LogP contribution < -0.4 is 4.74 Å². The molecule has 0 radical (unpaired) electrons. The van der Waals surface area contributed by atoms with Gasteiger partial charge in [0.05, 0.1) is 17.2 Å². The summed E-state index contributed by atoms with van der Waals surface area (Å²) < 4.78 is 38.1. The number of hydrogen-bond acceptors (Lipinski definition) is 6. The molecule has 6 rings (SSSR count). The number of amides is 1. The molecule has 3 heterocycles. The van der Waals surface area contributed by atoms with Crippen LogP contribution in [0.3, 0.4) is 0 Å². The van der Waals surface area contributed by atoms with E-state index in [1.165, 1.54) is 5.56 Å². The number of ether oxygens (including phenoxy) is 2. The zero-order chi connectivity index (χ0) is 31.5. The molecule has 1 aromatic heterocycles. The number of pyridine rings is 1. The first-order chi connectivity index (χ1) is 21.7. The number of aryl methyl sites for hydroxylation is 1. The normalized spacial score (nSPS) is 17.2. The molecule has 2 aliphatic rings. The van der Waals surface area contributed by atoms with Gasteiger partial charge in [0.2, 0.25) is 0 Å². The molecule has 1 amide bonds. The quantitative estimate of drug-likeness (QED) is 0.202. The minimum absolute atomic E-state index is 0.0237. The van der Waals surface area contributed by atoms with Crippen molar-refractivity contribution in [2.75, 3.05) is 13.1 Å². The van der Waals surface area contributed by atoms with Crippen LogP contribution in [-0.4, -0.2) is 43.1 Å². The number of piperidine rings is 1. The summed E-state index contributed by atoms with van der Waals surface area (Å²) in [7, 11) is -3.33. The molecule has 234 valence electrons. The number of rotatable bonds is 8. The zero-order valence-electron chi connectivity index (χ0n) is 25.9. The lowest BCUT2D eigenvalue weighted by molar-refractivity contribution is -0.0376. The predicted molar refractivity (Wildman–Crippen MR) is 175 cm³/mol. The van der Waals surface area contributed by atoms with E-state index >= 15 is 0 Å². The number of benzene rings is 3. The molecule has 2 aliphatic heterocycles. The molecule has 1 fully saturated rings. The van der Waals surface area contributed by atoms with Crippen molar-refractivity contribution in [1.29, 1.82) is 0 Å². The van der Waals surface area contributed by atoms with Gasteiger partial charge in [-0.2, -0.15) is 0 Å². The maximum Gasteiger partial charge on any atom is 0.410 e. The van der Waals surface area contributed by atoms with E-state index < -0.39 is 15.4 Å². The van der Waals surface area contributed by atoms with Crippen LogP contribution >= 0.6 is 0 Å². The molecule has 3 aromatic carbocycles. The molecule has 0 saturated carbocycles. The van der Waals surface area contributed by atoms with Gasteiger partial charge in [0.15, 0.2) is 9.84 Å². The third kappa shape index (κ3) is 7.06. The van der Waals surface area contributed by atoms with Gasteiger partial charge in [0.25, 0.3) is 0 Å². The summed E-state index contributed by atoms with van der Waals surface area (Å²) >= 11 is 0. The number of nitrogens with zero attached hydrogens (tertiary/aromatic N) is 2. The van der Waals surface area contributed by atoms with Crippen LogP contribution in [0.15, 0.2) is 97.2 Å². The van der Waals surface area contributed by atoms with Crippen LogP contribution in [0, 0.1) is 0 Å². The molecule has 4 aromatic rings. The molecule has 1 saturated heterocycles. The number of carbonyl (C=O) groups excluding carboxylic acids is 1. The number of sulfone groups is 1. The fraction of sp³-hybridized carbons (Fsp3) is 0.351. The fourth-order valence-corrected chi connectivity index (χ4v) is 7.76. The van der Waals surface area contributed by atoms with E-state index in [9.17, 15) is 13.2 Å². The van der Waals surface area contributed by atoms with Gasteiger partial charge in [-0.15, -0.1) is 0 Å². The molecule has 0 aliphatic carbocycles. The second kappa shape index (κ2) is 12.7. The van der Waals surface area contributed by atoms with Gasteiger partial charge in [-0.25, -0.2) is 13.2 Å². The highest BCUT2D eigenvalue weighted by atomic mass is 32.2. The van der Waals surface area contributed by atoms with Crippen LogP contribution in [0.4, 0.5) is 4.79 Å². The van der Waals surface area contributed by atoms with E-state index in [-0.39, 0.29) is 23.2 Å². The Kier molecular flexibility index (Phi) is 8.69. The minimum Gasteiger partial charge on any atom is -0.487 e. The van der Waals surface area contributed by atoms with Gasteiger partial charge in [0, 0.05) is 32.1 Å². The van der Waals surface area contributed by atoms with Crippen LogP contribution in [0.2, 0.25) is 0 Å². The van der Waals surface area contributed by atoms with Crippen molar-refractivity contribution in [2.45, 2.75) is 68.7 Å². The Morgan fingerprint density at radius 1 is 0.911 bits per heavy atom. The molecular weight excluding hydrogens is 584 g/mol. The van der Waals surface area contributed by atoms with Crippen molar-refractivity contribution in [3.05, 3.63) is 120 Å². The standard InChI is InChI=1S/C37H40N2O5S/c1-3-36(2,32-9-5-4-6-10-32)44-35(40)39-23-20-37(21-24-39)19-18-31-25-30(16-17-34(31)43-37)29-14-12-28(13-15-29)26-45(41,42)27-33-11-7-8-22-38-33/h4-17,22,25H,3,18-21,23-24,26-27H2,1-2H3. The first kappa shape index (κ1) is 30.8. The zero-order valence-corrected chi connectivity index (χ0v) is 26.8. The SMILES string of the molecule is CCC(C)(OC(=O)N1CCC2(CCc3cc(-c4ccc(CS(=O)(=O)Cc5ccccn5)cc4)ccc3O2)CC1)c1ccccc1. The van der Waals surface area contributed by atoms with Gasteiger partial charge >= 0.3 is 6.09 Å². The van der Waals surface area contributed by atoms with Crippen molar-refractivity contribution in [3.63, 3.8) is 0 Å². The van der Waals surface area contributed by atoms with Gasteiger partial charge in [-0.1, -0.05) is 73.7 Å². The maximum atomic E-state index is 13.2. The van der Waals surface area contributed by atoms with Crippen molar-refractivity contribution in [2.24, 2.45) is 0 Å². The minimum atomic E-state index is -3.33. The van der Waals surface area contributed by atoms with E-state index in [0.29, 0.717) is 25.2 Å². The second-order valence-electron chi connectivity index (χ2n) is 12.5. The predicted octanol–water partition coefficient (Wildman–Crippen LogP) is 7.49. The van der Waals surface area contributed by atoms with E-state index in [1.54, 1.807) is 24.4 Å². The second-order valence-corrected chi connectivity index (χ2v) is 14.5. The Morgan fingerprint density at radius 2 is 1.62 bits per heavy atom. The Hall–Kier alpha value is -4.17. The van der Waals surface area contributed by atoms with Crippen LogP contribution in [-0.2, 0) is 38.1 Å². The summed E-state index contributed by atoms with van der Waals surface area (Å²) in [5, 5.41) is 0. The van der Waals surface area contributed by atoms with Crippen molar-refractivity contribution in [1.82, 2.24) is 9.88 Å². The van der Waals surface area contributed by atoms with E-state index in [1.807, 2.05) is 79.4 Å². The molecule has 1 atom stereocenters. The molecule has 45 heavy (non-hydrogen) atoms. The van der Waals surface area contributed by atoms with Crippen LogP contribution in [0.5, 0.6) is 5.75 Å². The van der Waals surface area contributed by atoms with Crippen molar-refractivity contribution < 1.29 is 22.7 Å². The number of fused-ring (bicyclic) bond motifs is 1. The molecular formula is C37H40N2O5S. The fourth-order valence-electron chi connectivity index (χ4n) is 6.34. The lowest BCUT2D eigenvalue weighted by atomic mass is 9.82. The third-order valence-corrected chi connectivity index (χ3v) is 10.8. The lowest BCUT2D eigenvalue weighted by Crippen LogP contribution is -2.52. The highest BCUT2D eigenvalue weighted by molar-refractivity contribution is 7.89. The van der Waals surface area contributed by atoms with Crippen LogP contribution in [0.25, 0.3) is 11.1 Å². The van der Waals surface area contributed by atoms with Gasteiger partial charge in [0.1, 0.15) is 17.0 Å². The molecule has 7 nitrogen and oxygen atoms in total. The number of aromatic nitrogens is 1. The number of hydrogen-bond donors (Lipinski definition) is 0. The summed E-state index contributed by atoms with van der Waals surface area (Å²) in [6.45, 7) is 5.22. The average Bonchev–Trinajstić information content (AvgIpc) is 3.05. The Labute approximate surface area is 266 Å². The van der Waals surface area contributed by atoms with Crippen molar-refractivity contribution in [3.8, 4) is 16.9 Å². The topological polar surface area (TPSA) is 85.8 Å².